The van der Waals surface area contributed by atoms with E-state index in [-0.39, 0.29) is 0 Å². The van der Waals surface area contributed by atoms with Gasteiger partial charge in [0, 0.05) is 20.2 Å². The molecule has 31 heavy (non-hydrogen) atoms. The van der Waals surface area contributed by atoms with Crippen LogP contribution in [-0.4, -0.2) is 0 Å². The molecule has 0 aliphatic heterocycles. The Morgan fingerprint density at radius 2 is 1.29 bits per heavy atom. The number of hydrogen-bond acceptors (Lipinski definition) is 1. The molecular weight excluding hydrogens is 392 g/mol. The van der Waals surface area contributed by atoms with E-state index in [0.717, 1.165) is 6.42 Å². The second-order valence-corrected chi connectivity index (χ2v) is 10.1. The fourth-order valence-electron chi connectivity index (χ4n) is 4.81. The van der Waals surface area contributed by atoms with Crippen molar-refractivity contribution in [3.63, 3.8) is 0 Å². The van der Waals surface area contributed by atoms with Crippen LogP contribution in [0, 0.1) is 13.8 Å². The lowest BCUT2D eigenvalue weighted by Crippen LogP contribution is -1.91. The SMILES string of the molecule is C=Cc1cc2cc3c(cc2cc1CCCCCC)sc1cc2cc(C)c(C)cc2cc13. The number of aryl methyl sites for hydroxylation is 3. The summed E-state index contributed by atoms with van der Waals surface area (Å²) in [5.74, 6) is 0. The minimum Gasteiger partial charge on any atom is -0.135 e. The summed E-state index contributed by atoms with van der Waals surface area (Å²) in [6.45, 7) is 10.8. The Hall–Kier alpha value is -2.64. The van der Waals surface area contributed by atoms with Crippen molar-refractivity contribution >= 4 is 59.1 Å². The van der Waals surface area contributed by atoms with Gasteiger partial charge in [-0.3, -0.25) is 0 Å². The molecule has 0 unspecified atom stereocenters. The minimum atomic E-state index is 1.14. The van der Waals surface area contributed by atoms with Gasteiger partial charge in [0.2, 0.25) is 0 Å². The predicted octanol–water partition coefficient (Wildman–Crippen LogP) is 9.74. The molecule has 0 saturated carbocycles. The molecule has 0 aliphatic rings. The number of thiophene rings is 1. The molecule has 156 valence electrons. The summed E-state index contributed by atoms with van der Waals surface area (Å²) in [7, 11) is 0. The second kappa shape index (κ2) is 8.13. The van der Waals surface area contributed by atoms with Gasteiger partial charge in [0.05, 0.1) is 0 Å². The van der Waals surface area contributed by atoms with Crippen LogP contribution < -0.4 is 0 Å². The third kappa shape index (κ3) is 3.66. The molecular formula is C30H30S. The normalized spacial score (nSPS) is 11.8. The van der Waals surface area contributed by atoms with Crippen LogP contribution in [0.1, 0.15) is 54.9 Å². The molecule has 1 heterocycles. The van der Waals surface area contributed by atoms with Gasteiger partial charge in [-0.1, -0.05) is 57.0 Å². The number of benzene rings is 4. The molecule has 0 N–H and O–H groups in total. The fraction of sp³-hybridized carbons (Fsp3) is 0.267. The van der Waals surface area contributed by atoms with Crippen LogP contribution in [0.25, 0.3) is 47.8 Å². The zero-order valence-corrected chi connectivity index (χ0v) is 19.7. The van der Waals surface area contributed by atoms with Gasteiger partial charge < -0.3 is 0 Å². The molecule has 0 atom stereocenters. The third-order valence-corrected chi connectivity index (χ3v) is 7.89. The fourth-order valence-corrected chi connectivity index (χ4v) is 5.97. The summed E-state index contributed by atoms with van der Waals surface area (Å²) in [6.07, 6.45) is 8.36. The summed E-state index contributed by atoms with van der Waals surface area (Å²) in [5, 5.41) is 8.10. The minimum absolute atomic E-state index is 1.14. The van der Waals surface area contributed by atoms with E-state index in [9.17, 15) is 0 Å². The Balaban J connectivity index is 1.67. The quantitative estimate of drug-likeness (QED) is 0.239. The Kier molecular flexibility index (Phi) is 5.32. The lowest BCUT2D eigenvalue weighted by Gasteiger charge is -2.09. The molecule has 0 aliphatic carbocycles. The predicted molar refractivity (Wildman–Crippen MR) is 142 cm³/mol. The standard InChI is InChI=1S/C30H30S/c1-5-7-8-9-10-22-14-26-18-30-28(16-25(26)13-21(22)6-2)27-15-23-11-19(3)20(4)12-24(23)17-29(27)31-30/h6,11-18H,2,5,7-10H2,1,3-4H3. The zero-order chi connectivity index (χ0) is 21.5. The van der Waals surface area contributed by atoms with Crippen LogP contribution >= 0.6 is 11.3 Å². The Morgan fingerprint density at radius 3 is 1.90 bits per heavy atom. The molecule has 0 fully saturated rings. The van der Waals surface area contributed by atoms with Crippen molar-refractivity contribution in [2.45, 2.75) is 52.9 Å². The number of rotatable bonds is 6. The second-order valence-electron chi connectivity index (χ2n) is 9.00. The number of unbranched alkanes of at least 4 members (excludes halogenated alkanes) is 3. The maximum atomic E-state index is 4.10. The average molecular weight is 423 g/mol. The molecule has 4 aromatic carbocycles. The molecule has 1 heteroatoms. The Morgan fingerprint density at radius 1 is 0.710 bits per heavy atom. The highest BCUT2D eigenvalue weighted by Crippen LogP contribution is 2.39. The number of fused-ring (bicyclic) bond motifs is 5. The monoisotopic (exact) mass is 422 g/mol. The first-order valence-corrected chi connectivity index (χ1v) is 12.4. The van der Waals surface area contributed by atoms with Gasteiger partial charge in [0.15, 0.2) is 0 Å². The van der Waals surface area contributed by atoms with E-state index < -0.39 is 0 Å². The van der Waals surface area contributed by atoms with Crippen molar-refractivity contribution < 1.29 is 0 Å². The van der Waals surface area contributed by atoms with Gasteiger partial charge in [-0.15, -0.1) is 11.3 Å². The average Bonchev–Trinajstić information content (AvgIpc) is 3.10. The van der Waals surface area contributed by atoms with E-state index in [1.807, 2.05) is 17.4 Å². The topological polar surface area (TPSA) is 0 Å². The molecule has 1 aromatic heterocycles. The van der Waals surface area contributed by atoms with Crippen molar-refractivity contribution in [3.05, 3.63) is 77.4 Å². The van der Waals surface area contributed by atoms with Crippen LogP contribution in [-0.2, 0) is 6.42 Å². The first-order chi connectivity index (χ1) is 15.1. The first kappa shape index (κ1) is 20.3. The number of hydrogen-bond donors (Lipinski definition) is 0. The Labute approximate surface area is 189 Å². The van der Waals surface area contributed by atoms with Crippen molar-refractivity contribution in [2.75, 3.05) is 0 Å². The zero-order valence-electron chi connectivity index (χ0n) is 18.8. The summed E-state index contributed by atoms with van der Waals surface area (Å²) in [5.41, 5.74) is 5.45. The summed E-state index contributed by atoms with van der Waals surface area (Å²) >= 11 is 1.92. The molecule has 0 bridgehead atoms. The van der Waals surface area contributed by atoms with Gasteiger partial charge in [0.25, 0.3) is 0 Å². The highest BCUT2D eigenvalue weighted by molar-refractivity contribution is 7.26. The van der Waals surface area contributed by atoms with Gasteiger partial charge in [-0.2, -0.15) is 0 Å². The molecule has 0 amide bonds. The van der Waals surface area contributed by atoms with Crippen molar-refractivity contribution in [3.8, 4) is 0 Å². The van der Waals surface area contributed by atoms with E-state index in [0.29, 0.717) is 0 Å². The van der Waals surface area contributed by atoms with Crippen LogP contribution in [0.4, 0.5) is 0 Å². The van der Waals surface area contributed by atoms with Crippen molar-refractivity contribution in [1.82, 2.24) is 0 Å². The smallest absolute Gasteiger partial charge is 0.0361 e. The molecule has 0 radical (unpaired) electrons. The lowest BCUT2D eigenvalue weighted by atomic mass is 9.95. The van der Waals surface area contributed by atoms with E-state index in [1.165, 1.54) is 89.7 Å². The van der Waals surface area contributed by atoms with E-state index in [4.69, 9.17) is 0 Å². The summed E-state index contributed by atoms with van der Waals surface area (Å²) < 4.78 is 2.76. The van der Waals surface area contributed by atoms with Crippen LogP contribution in [0.2, 0.25) is 0 Å². The van der Waals surface area contributed by atoms with Gasteiger partial charge in [0.1, 0.15) is 0 Å². The van der Waals surface area contributed by atoms with Gasteiger partial charge >= 0.3 is 0 Å². The van der Waals surface area contributed by atoms with E-state index in [2.05, 4.69) is 75.9 Å². The van der Waals surface area contributed by atoms with E-state index in [1.54, 1.807) is 0 Å². The highest BCUT2D eigenvalue weighted by atomic mass is 32.1. The van der Waals surface area contributed by atoms with Crippen LogP contribution in [0.5, 0.6) is 0 Å². The lowest BCUT2D eigenvalue weighted by molar-refractivity contribution is 0.667. The molecule has 0 spiro atoms. The van der Waals surface area contributed by atoms with Crippen LogP contribution in [0.3, 0.4) is 0 Å². The Bertz CT molecular complexity index is 1450. The summed E-state index contributed by atoms with van der Waals surface area (Å²) in [4.78, 5) is 0. The largest absolute Gasteiger partial charge is 0.135 e. The first-order valence-electron chi connectivity index (χ1n) is 11.5. The van der Waals surface area contributed by atoms with Crippen molar-refractivity contribution in [2.24, 2.45) is 0 Å². The third-order valence-electron chi connectivity index (χ3n) is 6.78. The van der Waals surface area contributed by atoms with Crippen molar-refractivity contribution in [1.29, 1.82) is 0 Å². The molecule has 0 nitrogen and oxygen atoms in total. The van der Waals surface area contributed by atoms with Gasteiger partial charge in [-0.05, 0) is 101 Å². The van der Waals surface area contributed by atoms with E-state index >= 15 is 0 Å². The maximum absolute atomic E-state index is 4.10. The maximum Gasteiger partial charge on any atom is 0.0361 e. The molecule has 5 rings (SSSR count). The summed E-state index contributed by atoms with van der Waals surface area (Å²) in [6, 6.07) is 19.0. The van der Waals surface area contributed by atoms with Crippen LogP contribution in [0.15, 0.2) is 55.1 Å². The highest BCUT2D eigenvalue weighted by Gasteiger charge is 2.11. The molecule has 5 aromatic rings. The van der Waals surface area contributed by atoms with Gasteiger partial charge in [-0.25, -0.2) is 0 Å². The molecule has 0 saturated heterocycles.